The minimum atomic E-state index is -0.292. The van der Waals surface area contributed by atoms with Crippen LogP contribution in [0.2, 0.25) is 0 Å². The van der Waals surface area contributed by atoms with Crippen LogP contribution < -0.4 is 5.56 Å². The number of benzene rings is 1. The van der Waals surface area contributed by atoms with Gasteiger partial charge >= 0.3 is 0 Å². The highest BCUT2D eigenvalue weighted by atomic mass is 127. The maximum Gasteiger partial charge on any atom is 0.279 e. The number of hydrogen-bond acceptors (Lipinski definition) is 4. The van der Waals surface area contributed by atoms with E-state index >= 15 is 0 Å². The van der Waals surface area contributed by atoms with E-state index in [1.165, 1.54) is 6.20 Å². The largest absolute Gasteiger partial charge is 0.304 e. The van der Waals surface area contributed by atoms with Crippen LogP contribution in [0.3, 0.4) is 0 Å². The van der Waals surface area contributed by atoms with Gasteiger partial charge in [0.15, 0.2) is 11.2 Å². The Morgan fingerprint density at radius 2 is 2.00 bits per heavy atom. The van der Waals surface area contributed by atoms with Gasteiger partial charge in [0.2, 0.25) is 0 Å². The molecule has 0 aliphatic heterocycles. The molecule has 2 aromatic heterocycles. The maximum absolute atomic E-state index is 12.0. The zero-order valence-electron chi connectivity index (χ0n) is 9.39. The molecule has 0 fully saturated rings. The topological polar surface area (TPSA) is 71.5 Å². The molecule has 0 amide bonds. The predicted octanol–water partition coefficient (Wildman–Crippen LogP) is 2.75. The Kier molecular flexibility index (Phi) is 3.31. The zero-order chi connectivity index (χ0) is 13.4. The summed E-state index contributed by atoms with van der Waals surface area (Å²) >= 11 is 5.42. The Balaban J connectivity index is 2.32. The molecule has 3 aromatic rings. The van der Waals surface area contributed by atoms with E-state index in [0.717, 1.165) is 9.13 Å². The second kappa shape index (κ2) is 4.97. The molecule has 1 N–H and O–H groups in total. The zero-order valence-corrected chi connectivity index (χ0v) is 13.1. The summed E-state index contributed by atoms with van der Waals surface area (Å²) in [5.74, 6) is 0.495. The van der Waals surface area contributed by atoms with Crippen molar-refractivity contribution in [3.05, 3.63) is 49.0 Å². The molecule has 0 unspecified atom stereocenters. The van der Waals surface area contributed by atoms with Crippen LogP contribution in [0.1, 0.15) is 0 Å². The Hall–Kier alpha value is -1.35. The van der Waals surface area contributed by atoms with Crippen molar-refractivity contribution in [3.63, 3.8) is 0 Å². The van der Waals surface area contributed by atoms with E-state index in [-0.39, 0.29) is 11.1 Å². The van der Waals surface area contributed by atoms with Crippen molar-refractivity contribution in [2.24, 2.45) is 0 Å². The lowest BCUT2D eigenvalue weighted by atomic mass is 10.2. The molecule has 0 saturated carbocycles. The van der Waals surface area contributed by atoms with E-state index in [1.54, 1.807) is 0 Å². The molecular formula is C12H6BrIN4O. The van der Waals surface area contributed by atoms with Crippen molar-refractivity contribution >= 4 is 49.7 Å². The summed E-state index contributed by atoms with van der Waals surface area (Å²) in [6.07, 6.45) is 1.48. The smallest absolute Gasteiger partial charge is 0.279 e. The van der Waals surface area contributed by atoms with E-state index in [0.29, 0.717) is 16.1 Å². The number of fused-ring (bicyclic) bond motifs is 1. The van der Waals surface area contributed by atoms with Crippen molar-refractivity contribution in [2.45, 2.75) is 0 Å². The van der Waals surface area contributed by atoms with Crippen LogP contribution in [0.5, 0.6) is 0 Å². The highest BCUT2D eigenvalue weighted by Gasteiger charge is 2.10. The molecule has 0 aliphatic rings. The number of hydrogen-bond donors (Lipinski definition) is 1. The second-order valence-electron chi connectivity index (χ2n) is 3.76. The lowest BCUT2D eigenvalue weighted by Crippen LogP contribution is -2.12. The van der Waals surface area contributed by atoms with Crippen LogP contribution in [0, 0.1) is 3.57 Å². The number of nitrogens with zero attached hydrogens (tertiary/aromatic N) is 3. The van der Waals surface area contributed by atoms with Crippen molar-refractivity contribution in [2.75, 3.05) is 0 Å². The molecule has 0 atom stereocenters. The number of halogens is 2. The van der Waals surface area contributed by atoms with Gasteiger partial charge in [-0.2, -0.15) is 0 Å². The summed E-state index contributed by atoms with van der Waals surface area (Å²) in [5, 5.41) is 0. The summed E-state index contributed by atoms with van der Waals surface area (Å²) in [6, 6.07) is 7.68. The standard InChI is InChI=1S/C12H6BrIN4O/c13-8-5-15-9-11(16-8)17-10(18-12(9)19)6-3-1-2-4-7(6)14/h1-5H,(H,16,17,18,19). The van der Waals surface area contributed by atoms with Crippen LogP contribution in [0.25, 0.3) is 22.6 Å². The molecule has 1 aromatic carbocycles. The van der Waals surface area contributed by atoms with E-state index in [1.807, 2.05) is 24.3 Å². The fraction of sp³-hybridized carbons (Fsp3) is 0. The third-order valence-electron chi connectivity index (χ3n) is 2.52. The van der Waals surface area contributed by atoms with Gasteiger partial charge in [-0.25, -0.2) is 15.0 Å². The lowest BCUT2D eigenvalue weighted by Gasteiger charge is -2.04. The number of nitrogens with one attached hydrogen (secondary N) is 1. The molecule has 0 radical (unpaired) electrons. The normalized spacial score (nSPS) is 10.8. The molecule has 19 heavy (non-hydrogen) atoms. The molecule has 7 heteroatoms. The van der Waals surface area contributed by atoms with Gasteiger partial charge in [-0.15, -0.1) is 0 Å². The number of aromatic amines is 1. The fourth-order valence-corrected chi connectivity index (χ4v) is 2.59. The van der Waals surface area contributed by atoms with Gasteiger partial charge in [0, 0.05) is 9.13 Å². The third kappa shape index (κ3) is 2.39. The van der Waals surface area contributed by atoms with Crippen molar-refractivity contribution in [1.82, 2.24) is 19.9 Å². The van der Waals surface area contributed by atoms with Crippen molar-refractivity contribution in [3.8, 4) is 11.4 Å². The first-order valence-electron chi connectivity index (χ1n) is 5.32. The number of H-pyrrole nitrogens is 1. The third-order valence-corrected chi connectivity index (χ3v) is 3.84. The monoisotopic (exact) mass is 428 g/mol. The van der Waals surface area contributed by atoms with E-state index in [4.69, 9.17) is 0 Å². The van der Waals surface area contributed by atoms with Gasteiger partial charge in [-0.1, -0.05) is 18.2 Å². The summed E-state index contributed by atoms with van der Waals surface area (Å²) in [7, 11) is 0. The summed E-state index contributed by atoms with van der Waals surface area (Å²) < 4.78 is 1.55. The highest BCUT2D eigenvalue weighted by molar-refractivity contribution is 14.1. The molecule has 3 rings (SSSR count). The molecule has 5 nitrogen and oxygen atoms in total. The average molecular weight is 429 g/mol. The van der Waals surface area contributed by atoms with Gasteiger partial charge in [-0.05, 0) is 44.6 Å². The predicted molar refractivity (Wildman–Crippen MR) is 83.8 cm³/mol. The quantitative estimate of drug-likeness (QED) is 0.605. The first-order chi connectivity index (χ1) is 9.15. The molecule has 0 spiro atoms. The molecule has 0 bridgehead atoms. The second-order valence-corrected chi connectivity index (χ2v) is 5.73. The number of aromatic nitrogens is 4. The van der Waals surface area contributed by atoms with Crippen LogP contribution in [0.15, 0.2) is 39.9 Å². The van der Waals surface area contributed by atoms with E-state index in [9.17, 15) is 4.79 Å². The van der Waals surface area contributed by atoms with Crippen LogP contribution in [-0.2, 0) is 0 Å². The Morgan fingerprint density at radius 3 is 2.79 bits per heavy atom. The summed E-state index contributed by atoms with van der Waals surface area (Å²) in [4.78, 5) is 27.3. The highest BCUT2D eigenvalue weighted by Crippen LogP contribution is 2.21. The average Bonchev–Trinajstić information content (AvgIpc) is 2.38. The maximum atomic E-state index is 12.0. The Bertz CT molecular complexity index is 833. The van der Waals surface area contributed by atoms with Crippen molar-refractivity contribution in [1.29, 1.82) is 0 Å². The van der Waals surface area contributed by atoms with Crippen molar-refractivity contribution < 1.29 is 0 Å². The van der Waals surface area contributed by atoms with Gasteiger partial charge in [0.1, 0.15) is 10.4 Å². The Morgan fingerprint density at radius 1 is 1.21 bits per heavy atom. The van der Waals surface area contributed by atoms with Crippen LogP contribution in [0.4, 0.5) is 0 Å². The summed E-state index contributed by atoms with van der Waals surface area (Å²) in [6.45, 7) is 0. The first kappa shape index (κ1) is 12.7. The lowest BCUT2D eigenvalue weighted by molar-refractivity contribution is 1.10. The minimum absolute atomic E-state index is 0.234. The minimum Gasteiger partial charge on any atom is -0.304 e. The Labute approximate surface area is 129 Å². The molecule has 94 valence electrons. The van der Waals surface area contributed by atoms with E-state index < -0.39 is 0 Å². The van der Waals surface area contributed by atoms with Gasteiger partial charge < -0.3 is 4.98 Å². The SMILES string of the molecule is O=c1[nH]c(-c2ccccc2I)nc2nc(Br)cnc12. The summed E-state index contributed by atoms with van der Waals surface area (Å²) in [5.41, 5.74) is 1.13. The van der Waals surface area contributed by atoms with Gasteiger partial charge in [0.25, 0.3) is 5.56 Å². The molecular weight excluding hydrogens is 423 g/mol. The van der Waals surface area contributed by atoms with Gasteiger partial charge in [0.05, 0.1) is 6.20 Å². The first-order valence-corrected chi connectivity index (χ1v) is 7.20. The van der Waals surface area contributed by atoms with Gasteiger partial charge in [-0.3, -0.25) is 4.79 Å². The fourth-order valence-electron chi connectivity index (χ4n) is 1.68. The molecule has 0 aliphatic carbocycles. The van der Waals surface area contributed by atoms with Crippen LogP contribution in [-0.4, -0.2) is 19.9 Å². The molecule has 0 saturated heterocycles. The van der Waals surface area contributed by atoms with E-state index in [2.05, 4.69) is 58.5 Å². The molecule has 2 heterocycles. The number of rotatable bonds is 1. The van der Waals surface area contributed by atoms with Crippen LogP contribution >= 0.6 is 38.5 Å².